The van der Waals surface area contributed by atoms with Crippen molar-refractivity contribution in [1.29, 1.82) is 0 Å². The summed E-state index contributed by atoms with van der Waals surface area (Å²) in [4.78, 5) is 2.91. The number of hydrogen-bond acceptors (Lipinski definition) is 2. The van der Waals surface area contributed by atoms with E-state index < -0.39 is 9.84 Å². The summed E-state index contributed by atoms with van der Waals surface area (Å²) < 4.78 is 36.2. The Hall–Kier alpha value is -1.36. The van der Waals surface area contributed by atoms with Gasteiger partial charge >= 0.3 is 0 Å². The molecule has 0 saturated carbocycles. The van der Waals surface area contributed by atoms with Gasteiger partial charge in [-0.15, -0.1) is 0 Å². The number of H-pyrrole nitrogens is 1. The fourth-order valence-corrected chi connectivity index (χ4v) is 2.43. The monoisotopic (exact) mass is 241 g/mol. The van der Waals surface area contributed by atoms with Crippen molar-refractivity contribution in [2.45, 2.75) is 12.7 Å². The highest BCUT2D eigenvalue weighted by Crippen LogP contribution is 2.19. The van der Waals surface area contributed by atoms with E-state index >= 15 is 0 Å². The fraction of sp³-hybridized carbons (Fsp3) is 0.273. The van der Waals surface area contributed by atoms with Crippen LogP contribution in [0.2, 0.25) is 0 Å². The Balaban J connectivity index is 2.45. The van der Waals surface area contributed by atoms with Crippen LogP contribution in [0.15, 0.2) is 24.3 Å². The molecule has 0 aliphatic carbocycles. The zero-order valence-corrected chi connectivity index (χ0v) is 9.64. The van der Waals surface area contributed by atoms with E-state index in [2.05, 4.69) is 4.98 Å². The van der Waals surface area contributed by atoms with E-state index in [-0.39, 0.29) is 17.3 Å². The molecule has 0 amide bonds. The first-order valence-corrected chi connectivity index (χ1v) is 6.80. The second-order valence-corrected chi connectivity index (χ2v) is 6.03. The quantitative estimate of drug-likeness (QED) is 0.896. The fourth-order valence-electron chi connectivity index (χ4n) is 1.59. The molecular weight excluding hydrogens is 229 g/mol. The van der Waals surface area contributed by atoms with Crippen LogP contribution in [0.5, 0.6) is 0 Å². The van der Waals surface area contributed by atoms with Crippen LogP contribution in [0.3, 0.4) is 0 Å². The lowest BCUT2D eigenvalue weighted by Gasteiger charge is -1.97. The minimum atomic E-state index is -3.09. The maximum Gasteiger partial charge on any atom is 0.155 e. The molecule has 3 nitrogen and oxygen atoms in total. The highest BCUT2D eigenvalue weighted by Gasteiger charge is 2.12. The molecule has 0 spiro atoms. The molecule has 0 unspecified atom stereocenters. The minimum absolute atomic E-state index is 0.0718. The molecule has 0 saturated heterocycles. The topological polar surface area (TPSA) is 49.9 Å². The third-order valence-electron chi connectivity index (χ3n) is 2.48. The number of rotatable bonds is 3. The van der Waals surface area contributed by atoms with Crippen molar-refractivity contribution in [3.63, 3.8) is 0 Å². The molecular formula is C11H12FNO2S. The van der Waals surface area contributed by atoms with Gasteiger partial charge in [0.25, 0.3) is 0 Å². The summed E-state index contributed by atoms with van der Waals surface area (Å²) in [5.74, 6) is -0.323. The number of aromatic nitrogens is 1. The molecule has 1 N–H and O–H groups in total. The zero-order chi connectivity index (χ0) is 11.8. The summed E-state index contributed by atoms with van der Waals surface area (Å²) in [6, 6.07) is 6.22. The van der Waals surface area contributed by atoms with Gasteiger partial charge in [-0.1, -0.05) is 13.0 Å². The number of aromatic amines is 1. The lowest BCUT2D eigenvalue weighted by Crippen LogP contribution is -2.06. The molecule has 0 fully saturated rings. The largest absolute Gasteiger partial charge is 0.357 e. The van der Waals surface area contributed by atoms with Gasteiger partial charge in [0.05, 0.1) is 5.75 Å². The maximum absolute atomic E-state index is 13.3. The van der Waals surface area contributed by atoms with Crippen molar-refractivity contribution in [1.82, 2.24) is 4.98 Å². The molecule has 86 valence electrons. The predicted octanol–water partition coefficient (Wildman–Crippen LogP) is 2.24. The molecule has 5 heteroatoms. The SMILES string of the molecule is CCS(=O)(=O)Cc1cc2c(F)cccc2[nH]1. The zero-order valence-electron chi connectivity index (χ0n) is 8.83. The first kappa shape index (κ1) is 11.1. The molecule has 0 aliphatic heterocycles. The van der Waals surface area contributed by atoms with E-state index in [1.165, 1.54) is 6.07 Å². The van der Waals surface area contributed by atoms with Gasteiger partial charge in [0, 0.05) is 22.3 Å². The van der Waals surface area contributed by atoms with Crippen molar-refractivity contribution in [2.75, 3.05) is 5.75 Å². The average molecular weight is 241 g/mol. The van der Waals surface area contributed by atoms with Crippen LogP contribution in [-0.4, -0.2) is 19.2 Å². The van der Waals surface area contributed by atoms with Gasteiger partial charge in [0.2, 0.25) is 0 Å². The smallest absolute Gasteiger partial charge is 0.155 e. The second-order valence-electron chi connectivity index (χ2n) is 3.67. The van der Waals surface area contributed by atoms with E-state index in [0.29, 0.717) is 16.6 Å². The first-order valence-electron chi connectivity index (χ1n) is 4.98. The lowest BCUT2D eigenvalue weighted by molar-refractivity contribution is 0.596. The molecule has 16 heavy (non-hydrogen) atoms. The highest BCUT2D eigenvalue weighted by atomic mass is 32.2. The number of hydrogen-bond donors (Lipinski definition) is 1. The van der Waals surface area contributed by atoms with Gasteiger partial charge in [-0.05, 0) is 18.2 Å². The van der Waals surface area contributed by atoms with Crippen LogP contribution in [0.4, 0.5) is 4.39 Å². The summed E-state index contributed by atoms with van der Waals surface area (Å²) in [7, 11) is -3.09. The molecule has 1 aromatic carbocycles. The Morgan fingerprint density at radius 1 is 1.38 bits per heavy atom. The van der Waals surface area contributed by atoms with Crippen molar-refractivity contribution in [3.8, 4) is 0 Å². The summed E-state index contributed by atoms with van der Waals surface area (Å²) in [6.07, 6.45) is 0. The van der Waals surface area contributed by atoms with Crippen LogP contribution >= 0.6 is 0 Å². The Kier molecular flexibility index (Phi) is 2.71. The summed E-state index contributed by atoms with van der Waals surface area (Å²) >= 11 is 0. The Labute approximate surface area is 93.2 Å². The Bertz CT molecular complexity index is 616. The normalized spacial score (nSPS) is 12.1. The van der Waals surface area contributed by atoms with E-state index in [9.17, 15) is 12.8 Å². The summed E-state index contributed by atoms with van der Waals surface area (Å²) in [5.41, 5.74) is 1.16. The van der Waals surface area contributed by atoms with Crippen LogP contribution in [-0.2, 0) is 15.6 Å². The lowest BCUT2D eigenvalue weighted by atomic mass is 10.2. The van der Waals surface area contributed by atoms with Crippen molar-refractivity contribution < 1.29 is 12.8 Å². The standard InChI is InChI=1S/C11H12FNO2S/c1-2-16(14,15)7-8-6-9-10(12)4-3-5-11(9)13-8/h3-6,13H,2,7H2,1H3. The molecule has 2 aromatic rings. The molecule has 1 heterocycles. The highest BCUT2D eigenvalue weighted by molar-refractivity contribution is 7.90. The number of sulfone groups is 1. The summed E-state index contributed by atoms with van der Waals surface area (Å²) in [5, 5.41) is 0.434. The number of fused-ring (bicyclic) bond motifs is 1. The predicted molar refractivity (Wildman–Crippen MR) is 61.4 cm³/mol. The van der Waals surface area contributed by atoms with Gasteiger partial charge in [-0.25, -0.2) is 12.8 Å². The molecule has 0 atom stereocenters. The van der Waals surface area contributed by atoms with Crippen LogP contribution < -0.4 is 0 Å². The van der Waals surface area contributed by atoms with E-state index in [4.69, 9.17) is 0 Å². The molecule has 0 bridgehead atoms. The number of halogens is 1. The van der Waals surface area contributed by atoms with Crippen molar-refractivity contribution in [2.24, 2.45) is 0 Å². The second kappa shape index (κ2) is 3.90. The van der Waals surface area contributed by atoms with Gasteiger partial charge in [-0.2, -0.15) is 0 Å². The van der Waals surface area contributed by atoms with E-state index in [1.807, 2.05) is 0 Å². The van der Waals surface area contributed by atoms with Crippen LogP contribution in [0.1, 0.15) is 12.6 Å². The molecule has 0 radical (unpaired) electrons. The van der Waals surface area contributed by atoms with Gasteiger partial charge in [-0.3, -0.25) is 0 Å². The molecule has 2 rings (SSSR count). The van der Waals surface area contributed by atoms with Crippen LogP contribution in [0, 0.1) is 5.82 Å². The Morgan fingerprint density at radius 2 is 2.12 bits per heavy atom. The Morgan fingerprint density at radius 3 is 2.75 bits per heavy atom. The third kappa shape index (κ3) is 2.09. The van der Waals surface area contributed by atoms with E-state index in [0.717, 1.165) is 0 Å². The number of benzene rings is 1. The number of nitrogens with one attached hydrogen (secondary N) is 1. The van der Waals surface area contributed by atoms with E-state index in [1.54, 1.807) is 25.1 Å². The molecule has 1 aromatic heterocycles. The van der Waals surface area contributed by atoms with Crippen LogP contribution in [0.25, 0.3) is 10.9 Å². The van der Waals surface area contributed by atoms with Crippen molar-refractivity contribution in [3.05, 3.63) is 35.8 Å². The molecule has 0 aliphatic rings. The first-order chi connectivity index (χ1) is 7.52. The summed E-state index contributed by atoms with van der Waals surface area (Å²) in [6.45, 7) is 1.60. The van der Waals surface area contributed by atoms with Gasteiger partial charge in [0.1, 0.15) is 5.82 Å². The average Bonchev–Trinajstić information content (AvgIpc) is 2.61. The van der Waals surface area contributed by atoms with Gasteiger partial charge in [0.15, 0.2) is 9.84 Å². The van der Waals surface area contributed by atoms with Crippen molar-refractivity contribution >= 4 is 20.7 Å². The minimum Gasteiger partial charge on any atom is -0.357 e. The third-order valence-corrected chi connectivity index (χ3v) is 4.11. The maximum atomic E-state index is 13.3. The van der Waals surface area contributed by atoms with Gasteiger partial charge < -0.3 is 4.98 Å².